The number of fused-ring (bicyclic) bond motifs is 2. The lowest BCUT2D eigenvalue weighted by Crippen LogP contribution is -2.24. The summed E-state index contributed by atoms with van der Waals surface area (Å²) in [7, 11) is 2.09. The van der Waals surface area contributed by atoms with Crippen LogP contribution in [0, 0.1) is 12.7 Å². The quantitative estimate of drug-likeness (QED) is 0.199. The molecule has 0 saturated heterocycles. The van der Waals surface area contributed by atoms with Crippen molar-refractivity contribution in [3.8, 4) is 11.5 Å². The van der Waals surface area contributed by atoms with E-state index in [1.54, 1.807) is 18.5 Å². The Morgan fingerprint density at radius 2 is 1.74 bits per heavy atom. The first-order valence-corrected chi connectivity index (χ1v) is 12.5. The zero-order chi connectivity index (χ0) is 27.5. The number of hydrogen-bond acceptors (Lipinski definition) is 7. The number of carbonyl (C=O) groups excluding carboxylic acids is 3. The van der Waals surface area contributed by atoms with Gasteiger partial charge in [0.25, 0.3) is 5.91 Å². The van der Waals surface area contributed by atoms with Crippen molar-refractivity contribution in [2.24, 2.45) is 0 Å². The maximum Gasteiger partial charge on any atom is 0.322 e. The Morgan fingerprint density at radius 1 is 1.03 bits per heavy atom. The van der Waals surface area contributed by atoms with E-state index in [-0.39, 0.29) is 5.56 Å². The molecule has 39 heavy (non-hydrogen) atoms. The number of halogens is 1. The number of amides is 1. The van der Waals surface area contributed by atoms with Crippen LogP contribution in [0.2, 0.25) is 0 Å². The molecule has 0 atom stereocenters. The van der Waals surface area contributed by atoms with E-state index >= 15 is 0 Å². The predicted octanol–water partition coefficient (Wildman–Crippen LogP) is 4.19. The van der Waals surface area contributed by atoms with Gasteiger partial charge in [0.1, 0.15) is 6.42 Å². The summed E-state index contributed by atoms with van der Waals surface area (Å²) in [5, 5.41) is 3.76. The number of rotatable bonds is 8. The second-order valence-electron chi connectivity index (χ2n) is 9.48. The minimum Gasteiger partial charge on any atom is -0.421 e. The molecule has 0 radical (unpaired) electrons. The Balaban J connectivity index is 1.32. The number of pyridine rings is 1. The van der Waals surface area contributed by atoms with Crippen LogP contribution in [0.4, 0.5) is 10.1 Å². The third kappa shape index (κ3) is 5.80. The number of anilines is 1. The first-order valence-electron chi connectivity index (χ1n) is 12.5. The number of H-pyrrole nitrogens is 1. The molecule has 2 aromatic heterocycles. The van der Waals surface area contributed by atoms with Gasteiger partial charge >= 0.3 is 11.9 Å². The van der Waals surface area contributed by atoms with Gasteiger partial charge in [-0.15, -0.1) is 0 Å². The molecule has 0 unspecified atom stereocenters. The van der Waals surface area contributed by atoms with E-state index in [9.17, 15) is 18.8 Å². The summed E-state index contributed by atoms with van der Waals surface area (Å²) in [4.78, 5) is 46.5. The SMILES string of the molecule is Cc1[nH]c2ccc(NC(=O)c3ccc(F)c4c3OC(=O)CC(=O)O4)cc2c1CCN(C)CCc1ccncc1. The fraction of sp³-hybridized carbons (Fsp3) is 0.241. The number of nitrogens with zero attached hydrogens (tertiary/aromatic N) is 2. The molecule has 0 aliphatic carbocycles. The number of benzene rings is 2. The number of nitrogens with one attached hydrogen (secondary N) is 2. The van der Waals surface area contributed by atoms with Gasteiger partial charge in [-0.05, 0) is 80.4 Å². The van der Waals surface area contributed by atoms with Gasteiger partial charge in [0.05, 0.1) is 5.56 Å². The van der Waals surface area contributed by atoms with E-state index in [0.717, 1.165) is 54.2 Å². The standard InChI is InChI=1S/C29H27FN4O5/c1-17-20(10-14-34(2)13-9-18-7-11-31-12-8-18)22-15-19(3-6-24(22)32-17)33-29(37)21-4-5-23(30)28-27(21)38-25(35)16-26(36)39-28/h3-8,11-12,15,32H,9-10,13-14,16H2,1-2H3,(H,33,37). The molecular formula is C29H27FN4O5. The average molecular weight is 531 g/mol. The highest BCUT2D eigenvalue weighted by Gasteiger charge is 2.30. The van der Waals surface area contributed by atoms with Crippen LogP contribution in [-0.2, 0) is 22.4 Å². The fourth-order valence-electron chi connectivity index (χ4n) is 4.60. The van der Waals surface area contributed by atoms with Gasteiger partial charge in [0.15, 0.2) is 11.6 Å². The normalized spacial score (nSPS) is 13.1. The zero-order valence-corrected chi connectivity index (χ0v) is 21.5. The highest BCUT2D eigenvalue weighted by molar-refractivity contribution is 6.09. The number of hydrogen-bond donors (Lipinski definition) is 2. The molecule has 3 heterocycles. The molecule has 1 aliphatic rings. The topological polar surface area (TPSA) is 114 Å². The molecule has 1 amide bonds. The molecule has 200 valence electrons. The van der Waals surface area contributed by atoms with Crippen LogP contribution in [0.25, 0.3) is 10.9 Å². The smallest absolute Gasteiger partial charge is 0.322 e. The van der Waals surface area contributed by atoms with Crippen LogP contribution in [-0.4, -0.2) is 52.9 Å². The number of ether oxygens (including phenoxy) is 2. The first kappa shape index (κ1) is 26.1. The summed E-state index contributed by atoms with van der Waals surface area (Å²) in [5.74, 6) is -4.44. The molecule has 0 saturated carbocycles. The van der Waals surface area contributed by atoms with Crippen molar-refractivity contribution in [1.29, 1.82) is 0 Å². The Kier molecular flexibility index (Phi) is 7.38. The maximum absolute atomic E-state index is 14.3. The summed E-state index contributed by atoms with van der Waals surface area (Å²) < 4.78 is 24.3. The first-order chi connectivity index (χ1) is 18.8. The second kappa shape index (κ2) is 11.0. The zero-order valence-electron chi connectivity index (χ0n) is 21.5. The summed E-state index contributed by atoms with van der Waals surface area (Å²) in [6.45, 7) is 3.78. The molecule has 0 bridgehead atoms. The number of aryl methyl sites for hydroxylation is 1. The van der Waals surface area contributed by atoms with Crippen molar-refractivity contribution in [3.05, 3.63) is 83.1 Å². The summed E-state index contributed by atoms with van der Waals surface area (Å²) in [6.07, 6.45) is 4.66. The van der Waals surface area contributed by atoms with E-state index in [1.165, 1.54) is 11.6 Å². The van der Waals surface area contributed by atoms with Crippen LogP contribution in [0.15, 0.2) is 54.9 Å². The van der Waals surface area contributed by atoms with Crippen molar-refractivity contribution in [3.63, 3.8) is 0 Å². The molecule has 2 aromatic carbocycles. The summed E-state index contributed by atoms with van der Waals surface area (Å²) in [6, 6.07) is 11.7. The minimum absolute atomic E-state index is 0.129. The van der Waals surface area contributed by atoms with Crippen molar-refractivity contribution >= 4 is 34.4 Å². The van der Waals surface area contributed by atoms with Crippen molar-refractivity contribution in [2.45, 2.75) is 26.2 Å². The van der Waals surface area contributed by atoms with Gasteiger partial charge in [0, 0.05) is 47.8 Å². The van der Waals surface area contributed by atoms with E-state index in [4.69, 9.17) is 9.47 Å². The Morgan fingerprint density at radius 3 is 2.51 bits per heavy atom. The van der Waals surface area contributed by atoms with E-state index < -0.39 is 41.6 Å². The second-order valence-corrected chi connectivity index (χ2v) is 9.48. The Bertz CT molecular complexity index is 1570. The average Bonchev–Trinajstić information content (AvgIpc) is 3.12. The molecule has 5 rings (SSSR count). The highest BCUT2D eigenvalue weighted by Crippen LogP contribution is 2.37. The van der Waals surface area contributed by atoms with Gasteiger partial charge in [-0.1, -0.05) is 0 Å². The highest BCUT2D eigenvalue weighted by atomic mass is 19.1. The lowest BCUT2D eigenvalue weighted by atomic mass is 10.1. The monoisotopic (exact) mass is 530 g/mol. The molecule has 2 N–H and O–H groups in total. The van der Waals surface area contributed by atoms with E-state index in [0.29, 0.717) is 5.69 Å². The summed E-state index contributed by atoms with van der Waals surface area (Å²) in [5.41, 5.74) is 4.76. The minimum atomic E-state index is -0.959. The number of aromatic amines is 1. The number of esters is 2. The molecule has 4 aromatic rings. The van der Waals surface area contributed by atoms with Crippen LogP contribution in [0.1, 0.15) is 33.6 Å². The molecule has 10 heteroatoms. The largest absolute Gasteiger partial charge is 0.421 e. The summed E-state index contributed by atoms with van der Waals surface area (Å²) >= 11 is 0. The van der Waals surface area contributed by atoms with Crippen molar-refractivity contribution in [1.82, 2.24) is 14.9 Å². The maximum atomic E-state index is 14.3. The molecular weight excluding hydrogens is 503 g/mol. The Hall–Kier alpha value is -4.57. The van der Waals surface area contributed by atoms with Crippen LogP contribution >= 0.6 is 0 Å². The molecule has 9 nitrogen and oxygen atoms in total. The lowest BCUT2D eigenvalue weighted by Gasteiger charge is -2.16. The molecule has 0 spiro atoms. The van der Waals surface area contributed by atoms with Gasteiger partial charge < -0.3 is 24.7 Å². The van der Waals surface area contributed by atoms with Crippen LogP contribution < -0.4 is 14.8 Å². The number of likely N-dealkylation sites (N-methyl/N-ethyl adjacent to an activating group) is 1. The van der Waals surface area contributed by atoms with Gasteiger partial charge in [-0.2, -0.15) is 0 Å². The van der Waals surface area contributed by atoms with Crippen molar-refractivity contribution < 1.29 is 28.2 Å². The van der Waals surface area contributed by atoms with E-state index in [1.807, 2.05) is 31.2 Å². The molecule has 1 aliphatic heterocycles. The fourth-order valence-corrected chi connectivity index (χ4v) is 4.60. The molecule has 0 fully saturated rings. The number of carbonyl (C=O) groups is 3. The van der Waals surface area contributed by atoms with Crippen LogP contribution in [0.3, 0.4) is 0 Å². The number of aromatic nitrogens is 2. The van der Waals surface area contributed by atoms with Gasteiger partial charge in [0.2, 0.25) is 5.75 Å². The third-order valence-corrected chi connectivity index (χ3v) is 6.68. The third-order valence-electron chi connectivity index (χ3n) is 6.68. The van der Waals surface area contributed by atoms with Gasteiger partial charge in [-0.25, -0.2) is 4.39 Å². The lowest BCUT2D eigenvalue weighted by molar-refractivity contribution is -0.142. The van der Waals surface area contributed by atoms with Gasteiger partial charge in [-0.3, -0.25) is 19.4 Å². The predicted molar refractivity (Wildman–Crippen MR) is 142 cm³/mol. The van der Waals surface area contributed by atoms with Crippen molar-refractivity contribution in [2.75, 3.05) is 25.5 Å². The Labute approximate surface area is 223 Å². The van der Waals surface area contributed by atoms with E-state index in [2.05, 4.69) is 27.2 Å². The van der Waals surface area contributed by atoms with Crippen LogP contribution in [0.5, 0.6) is 11.5 Å².